The predicted molar refractivity (Wildman–Crippen MR) is 113 cm³/mol. The number of carbonyl (C=O) groups excluding carboxylic acids is 1. The van der Waals surface area contributed by atoms with E-state index in [2.05, 4.69) is 5.32 Å². The number of para-hydroxylation sites is 1. The zero-order valence-corrected chi connectivity index (χ0v) is 17.1. The van der Waals surface area contributed by atoms with Crippen LogP contribution in [0.2, 0.25) is 0 Å². The summed E-state index contributed by atoms with van der Waals surface area (Å²) in [5.74, 6) is 0.551. The van der Waals surface area contributed by atoms with Crippen molar-refractivity contribution >= 4 is 23.4 Å². The van der Waals surface area contributed by atoms with Crippen LogP contribution in [-0.4, -0.2) is 27.6 Å². The van der Waals surface area contributed by atoms with Gasteiger partial charge in [0.2, 0.25) is 5.91 Å². The van der Waals surface area contributed by atoms with Gasteiger partial charge in [-0.15, -0.1) is 11.8 Å². The van der Waals surface area contributed by atoms with Gasteiger partial charge >= 0.3 is 0 Å². The number of methoxy groups -OCH3 is 1. The minimum atomic E-state index is -0.363. The van der Waals surface area contributed by atoms with E-state index in [0.717, 1.165) is 16.3 Å². The Balaban J connectivity index is 1.79. The summed E-state index contributed by atoms with van der Waals surface area (Å²) in [6.45, 7) is 3.63. The van der Waals surface area contributed by atoms with E-state index < -0.39 is 0 Å². The molecule has 3 aromatic rings. The molecule has 3 rings (SSSR count). The maximum absolute atomic E-state index is 12.9. The molecule has 1 heterocycles. The van der Waals surface area contributed by atoms with Gasteiger partial charge in [0.15, 0.2) is 0 Å². The number of thioether (sulfide) groups is 1. The molecule has 0 saturated carbocycles. The van der Waals surface area contributed by atoms with Crippen molar-refractivity contribution in [1.29, 1.82) is 0 Å². The van der Waals surface area contributed by atoms with Crippen molar-refractivity contribution in [2.45, 2.75) is 24.0 Å². The maximum atomic E-state index is 12.9. The summed E-state index contributed by atoms with van der Waals surface area (Å²) >= 11 is 1.43. The van der Waals surface area contributed by atoms with Gasteiger partial charge in [0.1, 0.15) is 11.4 Å². The zero-order chi connectivity index (χ0) is 20.3. The molecule has 0 radical (unpaired) electrons. The van der Waals surface area contributed by atoms with Gasteiger partial charge in [-0.1, -0.05) is 18.2 Å². The number of amides is 1. The molecule has 1 amide bonds. The molecule has 1 atom stereocenters. The van der Waals surface area contributed by atoms with Crippen molar-refractivity contribution in [3.8, 4) is 11.4 Å². The minimum absolute atomic E-state index is 0.216. The van der Waals surface area contributed by atoms with Crippen LogP contribution in [-0.2, 0) is 11.8 Å². The highest BCUT2D eigenvalue weighted by Crippen LogP contribution is 2.26. The zero-order valence-electron chi connectivity index (χ0n) is 16.3. The molecule has 2 aromatic carbocycles. The van der Waals surface area contributed by atoms with Crippen LogP contribution in [0.25, 0.3) is 5.69 Å². The molecule has 0 spiro atoms. The first-order chi connectivity index (χ1) is 13.4. The van der Waals surface area contributed by atoms with Crippen molar-refractivity contribution < 1.29 is 9.53 Å². The van der Waals surface area contributed by atoms with E-state index in [1.807, 2.05) is 68.4 Å². The molecule has 0 saturated heterocycles. The smallest absolute Gasteiger partial charge is 0.295 e. The standard InChI is InChI=1S/C21H23N3O3S/c1-14-19(21(26)24(23(14)3)16-8-6-5-7-9-16)22-20(25)15(2)28-18-12-10-17(27-4)11-13-18/h5-13,15H,1-4H3,(H,22,25). The molecular formula is C21H23N3O3S. The Morgan fingerprint density at radius 1 is 1.11 bits per heavy atom. The van der Waals surface area contributed by atoms with Crippen LogP contribution in [0, 0.1) is 6.92 Å². The molecular weight excluding hydrogens is 374 g/mol. The number of hydrogen-bond acceptors (Lipinski definition) is 4. The lowest BCUT2D eigenvalue weighted by molar-refractivity contribution is -0.115. The van der Waals surface area contributed by atoms with Crippen LogP contribution in [0.5, 0.6) is 5.75 Å². The molecule has 7 heteroatoms. The van der Waals surface area contributed by atoms with Crippen LogP contribution < -0.4 is 15.6 Å². The fourth-order valence-corrected chi connectivity index (χ4v) is 3.72. The van der Waals surface area contributed by atoms with E-state index in [4.69, 9.17) is 4.74 Å². The average molecular weight is 398 g/mol. The van der Waals surface area contributed by atoms with Crippen LogP contribution in [0.15, 0.2) is 64.3 Å². The Bertz CT molecular complexity index is 1020. The Morgan fingerprint density at radius 2 is 1.75 bits per heavy atom. The van der Waals surface area contributed by atoms with Gasteiger partial charge in [-0.25, -0.2) is 4.68 Å². The highest BCUT2D eigenvalue weighted by molar-refractivity contribution is 8.00. The largest absolute Gasteiger partial charge is 0.497 e. The number of rotatable bonds is 6. The molecule has 0 aliphatic carbocycles. The summed E-state index contributed by atoms with van der Waals surface area (Å²) in [4.78, 5) is 26.5. The van der Waals surface area contributed by atoms with Crippen LogP contribution in [0.4, 0.5) is 5.69 Å². The van der Waals surface area contributed by atoms with Gasteiger partial charge in [0, 0.05) is 11.9 Å². The molecule has 1 unspecified atom stereocenters. The van der Waals surface area contributed by atoms with E-state index in [0.29, 0.717) is 11.4 Å². The lowest BCUT2D eigenvalue weighted by Gasteiger charge is -2.11. The van der Waals surface area contributed by atoms with Gasteiger partial charge < -0.3 is 10.1 Å². The molecule has 6 nitrogen and oxygen atoms in total. The van der Waals surface area contributed by atoms with Gasteiger partial charge in [0.05, 0.1) is 23.7 Å². The quantitative estimate of drug-likeness (QED) is 0.646. The minimum Gasteiger partial charge on any atom is -0.497 e. The molecule has 0 fully saturated rings. The third-order valence-corrected chi connectivity index (χ3v) is 5.66. The summed E-state index contributed by atoms with van der Waals surface area (Å²) in [7, 11) is 3.41. The van der Waals surface area contributed by atoms with Crippen LogP contribution in [0.1, 0.15) is 12.6 Å². The highest BCUT2D eigenvalue weighted by atomic mass is 32.2. The summed E-state index contributed by atoms with van der Waals surface area (Å²) in [6, 6.07) is 16.9. The Hall–Kier alpha value is -2.93. The van der Waals surface area contributed by atoms with Crippen molar-refractivity contribution in [1.82, 2.24) is 9.36 Å². The van der Waals surface area contributed by atoms with Crippen molar-refractivity contribution in [3.05, 3.63) is 70.6 Å². The normalized spacial score (nSPS) is 11.9. The molecule has 0 aliphatic heterocycles. The summed E-state index contributed by atoms with van der Waals surface area (Å²) in [5.41, 5.74) is 1.50. The molecule has 1 aromatic heterocycles. The number of hydrogen-bond donors (Lipinski definition) is 1. The van der Waals surface area contributed by atoms with Gasteiger partial charge in [0.25, 0.3) is 5.56 Å². The maximum Gasteiger partial charge on any atom is 0.295 e. The number of ether oxygens (including phenoxy) is 1. The lowest BCUT2D eigenvalue weighted by atomic mass is 10.3. The summed E-state index contributed by atoms with van der Waals surface area (Å²) in [6.07, 6.45) is 0. The number of carbonyl (C=O) groups is 1. The van der Waals surface area contributed by atoms with Crippen molar-refractivity contribution in [2.75, 3.05) is 12.4 Å². The number of aromatic nitrogens is 2. The third-order valence-electron chi connectivity index (χ3n) is 4.54. The molecule has 146 valence electrons. The average Bonchev–Trinajstić information content (AvgIpc) is 2.92. The topological polar surface area (TPSA) is 65.3 Å². The third kappa shape index (κ3) is 3.99. The molecule has 1 N–H and O–H groups in total. The van der Waals surface area contributed by atoms with Gasteiger partial charge in [-0.3, -0.25) is 14.3 Å². The second-order valence-corrected chi connectivity index (χ2v) is 7.78. The summed E-state index contributed by atoms with van der Waals surface area (Å²) < 4.78 is 8.44. The Kier molecular flexibility index (Phi) is 5.94. The fourth-order valence-electron chi connectivity index (χ4n) is 2.85. The predicted octanol–water partition coefficient (Wildman–Crippen LogP) is 3.61. The lowest BCUT2D eigenvalue weighted by Crippen LogP contribution is -2.27. The Labute approximate surface area is 168 Å². The van der Waals surface area contributed by atoms with Gasteiger partial charge in [-0.05, 0) is 50.2 Å². The fraction of sp³-hybridized carbons (Fsp3) is 0.238. The summed E-state index contributed by atoms with van der Waals surface area (Å²) in [5, 5.41) is 2.45. The van der Waals surface area contributed by atoms with E-state index in [9.17, 15) is 9.59 Å². The van der Waals surface area contributed by atoms with Crippen LogP contribution in [0.3, 0.4) is 0 Å². The van der Waals surface area contributed by atoms with Gasteiger partial charge in [-0.2, -0.15) is 0 Å². The number of benzene rings is 2. The SMILES string of the molecule is COc1ccc(SC(C)C(=O)Nc2c(C)n(C)n(-c3ccccc3)c2=O)cc1. The first-order valence-corrected chi connectivity index (χ1v) is 9.76. The van der Waals surface area contributed by atoms with E-state index in [1.54, 1.807) is 23.5 Å². The van der Waals surface area contributed by atoms with E-state index >= 15 is 0 Å². The number of anilines is 1. The molecule has 0 bridgehead atoms. The highest BCUT2D eigenvalue weighted by Gasteiger charge is 2.21. The first kappa shape index (κ1) is 19.8. The second-order valence-electron chi connectivity index (χ2n) is 6.36. The number of nitrogens with zero attached hydrogens (tertiary/aromatic N) is 2. The van der Waals surface area contributed by atoms with Crippen molar-refractivity contribution in [3.63, 3.8) is 0 Å². The molecule has 0 aliphatic rings. The first-order valence-electron chi connectivity index (χ1n) is 8.88. The number of nitrogens with one attached hydrogen (secondary N) is 1. The second kappa shape index (κ2) is 8.39. The monoisotopic (exact) mass is 397 g/mol. The van der Waals surface area contributed by atoms with E-state index in [-0.39, 0.29) is 16.7 Å². The van der Waals surface area contributed by atoms with Crippen molar-refractivity contribution in [2.24, 2.45) is 7.05 Å². The van der Waals surface area contributed by atoms with E-state index in [1.165, 1.54) is 11.8 Å². The molecule has 28 heavy (non-hydrogen) atoms. The van der Waals surface area contributed by atoms with Crippen LogP contribution >= 0.6 is 11.8 Å². The Morgan fingerprint density at radius 3 is 2.36 bits per heavy atom.